The van der Waals surface area contributed by atoms with Gasteiger partial charge in [-0.3, -0.25) is 0 Å². The van der Waals surface area contributed by atoms with E-state index in [0.29, 0.717) is 0 Å². The van der Waals surface area contributed by atoms with Crippen LogP contribution in [0.25, 0.3) is 0 Å². The lowest BCUT2D eigenvalue weighted by Crippen LogP contribution is -2.71. The average Bonchev–Trinajstić information content (AvgIpc) is 2.96. The molecule has 3 aromatic carbocycles. The molecule has 0 heterocycles. The molecule has 0 nitrogen and oxygen atoms in total. The fourth-order valence-electron chi connectivity index (χ4n) is 4.57. The molecule has 0 saturated carbocycles. The van der Waals surface area contributed by atoms with Crippen LogP contribution in [0.2, 0.25) is 25.0 Å². The van der Waals surface area contributed by atoms with Crippen LogP contribution >= 0.6 is 0 Å². The molecule has 0 saturated heterocycles. The molecule has 0 aliphatic carbocycles. The Labute approximate surface area is 230 Å². The molecule has 42 heavy (non-hydrogen) atoms. The van der Waals surface area contributed by atoms with E-state index >= 15 is 0 Å². The molecule has 0 unspecified atom stereocenters. The van der Waals surface area contributed by atoms with Gasteiger partial charge in [0.2, 0.25) is 0 Å². The number of halogens is 15. The van der Waals surface area contributed by atoms with Gasteiger partial charge in [-0.25, -0.2) is 65.9 Å². The number of rotatable bonds is 6. The fraction of sp³-hybridized carbons (Fsp3) is 0.280. The van der Waals surface area contributed by atoms with E-state index < -0.39 is 110 Å². The molecule has 0 aromatic heterocycles. The van der Waals surface area contributed by atoms with Crippen LogP contribution in [0.3, 0.4) is 0 Å². The monoisotopic (exact) mass is 642 g/mol. The number of hydrogen-bond acceptors (Lipinski definition) is 0. The van der Waals surface area contributed by atoms with E-state index in [9.17, 15) is 65.9 Å². The smallest absolute Gasteiger partial charge is 0.207 e. The minimum atomic E-state index is -5.41. The molecule has 0 aliphatic heterocycles. The Balaban J connectivity index is 0.000000782. The zero-order valence-corrected chi connectivity index (χ0v) is 22.9. The van der Waals surface area contributed by atoms with Crippen molar-refractivity contribution in [3.8, 4) is 0 Å². The lowest BCUT2D eigenvalue weighted by molar-refractivity contribution is 0.379. The summed E-state index contributed by atoms with van der Waals surface area (Å²) in [6.45, 7) is 6.71. The van der Waals surface area contributed by atoms with E-state index in [1.807, 2.05) is 0 Å². The lowest BCUT2D eigenvalue weighted by atomic mass is 9.16. The normalized spacial score (nSPS) is 11.5. The first-order chi connectivity index (χ1) is 19.4. The van der Waals surface area contributed by atoms with Crippen LogP contribution in [0.4, 0.5) is 65.9 Å². The summed E-state index contributed by atoms with van der Waals surface area (Å²) in [4.78, 5) is 0. The van der Waals surface area contributed by atoms with Gasteiger partial charge in [-0.15, -0.1) is 16.4 Å². The molecule has 0 N–H and O–H groups in total. The lowest BCUT2D eigenvalue weighted by Gasteiger charge is -2.40. The van der Waals surface area contributed by atoms with Crippen molar-refractivity contribution in [3.63, 3.8) is 0 Å². The largest absolute Gasteiger partial charge is 0.313 e. The van der Waals surface area contributed by atoms with E-state index in [0.717, 1.165) is 0 Å². The minimum Gasteiger partial charge on any atom is -0.207 e. The third-order valence-corrected chi connectivity index (χ3v) is 9.96. The number of benzene rings is 3. The molecule has 0 aliphatic rings. The van der Waals surface area contributed by atoms with Crippen LogP contribution in [0.5, 0.6) is 0 Å². The summed E-state index contributed by atoms with van der Waals surface area (Å²) in [5.74, 6) is -45.1. The van der Waals surface area contributed by atoms with Gasteiger partial charge in [0, 0.05) is 0 Å². The van der Waals surface area contributed by atoms with Crippen LogP contribution < -0.4 is 16.4 Å². The van der Waals surface area contributed by atoms with E-state index in [1.54, 1.807) is 0 Å². The van der Waals surface area contributed by atoms with Crippen LogP contribution in [-0.4, -0.2) is 14.9 Å². The summed E-state index contributed by atoms with van der Waals surface area (Å²) in [6.07, 6.45) is -5.41. The topological polar surface area (TPSA) is 0 Å². The highest BCUT2D eigenvalue weighted by Crippen LogP contribution is 2.27. The molecule has 3 aromatic rings. The predicted molar refractivity (Wildman–Crippen MR) is 126 cm³/mol. The quantitative estimate of drug-likeness (QED) is 0.114. The highest BCUT2D eigenvalue weighted by atomic mass is 28.3. The molecular formula is C25H18BF15Si. The van der Waals surface area contributed by atoms with Crippen molar-refractivity contribution in [1.29, 1.82) is 0 Å². The Kier molecular flexibility index (Phi) is 10.9. The third-order valence-electron chi connectivity index (χ3n) is 6.96. The molecule has 0 radical (unpaired) electrons. The van der Waals surface area contributed by atoms with E-state index in [-0.39, 0.29) is 15.6 Å². The second kappa shape index (κ2) is 13.0. The van der Waals surface area contributed by atoms with Gasteiger partial charge in [0.15, 0.2) is 52.4 Å². The first-order valence-electron chi connectivity index (χ1n) is 12.0. The van der Waals surface area contributed by atoms with Crippen molar-refractivity contribution in [3.05, 3.63) is 87.3 Å². The highest BCUT2D eigenvalue weighted by Gasteiger charge is 2.45. The van der Waals surface area contributed by atoms with Crippen LogP contribution in [0.1, 0.15) is 20.8 Å². The second-order valence-electron chi connectivity index (χ2n) is 9.06. The summed E-state index contributed by atoms with van der Waals surface area (Å²) < 4.78 is 212. The third kappa shape index (κ3) is 5.51. The van der Waals surface area contributed by atoms with Gasteiger partial charge in [0.25, 0.3) is 0 Å². The zero-order chi connectivity index (χ0) is 32.6. The SMILES string of the molecule is CC[Si+](CC)CC.C[B-](c1c(F)c(F)c(F)c(F)c1F)(c1c(F)c(F)c(F)c(F)c1F)c1c(F)c(F)c(F)c(F)c1F. The van der Waals surface area contributed by atoms with Gasteiger partial charge in [-0.05, 0) is 20.8 Å². The molecule has 230 valence electrons. The standard InChI is InChI=1S/C19H3BF15.C6H15Si/c1-20(2-5(21)11(27)17(33)12(28)6(2)22,3-7(23)13(29)18(34)14(30)8(3)24)4-9(25)15(31)19(35)16(32)10(4)26;1-4-7(5-2)6-3/h1H3;4-6H2,1-3H3/q-1;+1. The first kappa shape index (κ1) is 35.1. The summed E-state index contributed by atoms with van der Waals surface area (Å²) >= 11 is 0. The molecule has 0 spiro atoms. The van der Waals surface area contributed by atoms with Crippen molar-refractivity contribution in [2.45, 2.75) is 45.7 Å². The molecule has 0 amide bonds. The minimum absolute atomic E-state index is 0.137. The summed E-state index contributed by atoms with van der Waals surface area (Å²) in [5, 5.41) is 0. The Morgan fingerprint density at radius 2 is 0.476 bits per heavy atom. The zero-order valence-electron chi connectivity index (χ0n) is 21.9. The van der Waals surface area contributed by atoms with E-state index in [2.05, 4.69) is 20.8 Å². The van der Waals surface area contributed by atoms with Crippen molar-refractivity contribution < 1.29 is 65.9 Å². The second-order valence-corrected chi connectivity index (χ2v) is 12.7. The number of hydrogen-bond donors (Lipinski definition) is 0. The Hall–Kier alpha value is -3.11. The highest BCUT2D eigenvalue weighted by molar-refractivity contribution is 7.11. The Bertz CT molecular complexity index is 1260. The maximum Gasteiger partial charge on any atom is 0.313 e. The van der Waals surface area contributed by atoms with Gasteiger partial charge < -0.3 is 0 Å². The van der Waals surface area contributed by atoms with Gasteiger partial charge in [0.05, 0.1) is 18.1 Å². The molecule has 17 heteroatoms. The molecule has 3 rings (SSSR count). The van der Waals surface area contributed by atoms with Crippen molar-refractivity contribution in [2.24, 2.45) is 0 Å². The van der Waals surface area contributed by atoms with E-state index in [4.69, 9.17) is 0 Å². The molecule has 0 atom stereocenters. The van der Waals surface area contributed by atoms with Crippen molar-refractivity contribution in [1.82, 2.24) is 0 Å². The molecule has 0 bridgehead atoms. The van der Waals surface area contributed by atoms with Crippen molar-refractivity contribution >= 4 is 31.3 Å². The molecule has 0 fully saturated rings. The summed E-state index contributed by atoms with van der Waals surface area (Å²) in [6, 6.07) is 4.37. The first-order valence-corrected chi connectivity index (χ1v) is 14.1. The van der Waals surface area contributed by atoms with Crippen molar-refractivity contribution in [2.75, 3.05) is 0 Å². The Morgan fingerprint density at radius 3 is 0.595 bits per heavy atom. The van der Waals surface area contributed by atoms with Crippen LogP contribution in [-0.2, 0) is 0 Å². The van der Waals surface area contributed by atoms with Gasteiger partial charge in [0.1, 0.15) is 41.0 Å². The maximum atomic E-state index is 14.6. The summed E-state index contributed by atoms with van der Waals surface area (Å²) in [5.41, 5.74) is -7.89. The molecular weight excluding hydrogens is 624 g/mol. The van der Waals surface area contributed by atoms with Gasteiger partial charge in [-0.2, -0.15) is 6.82 Å². The average molecular weight is 642 g/mol. The Morgan fingerprint density at radius 1 is 0.333 bits per heavy atom. The van der Waals surface area contributed by atoms with Gasteiger partial charge in [-0.1, -0.05) is 0 Å². The predicted octanol–water partition coefficient (Wildman–Crippen LogP) is 7.41. The maximum absolute atomic E-state index is 14.6. The fourth-order valence-corrected chi connectivity index (χ4v) is 6.07. The van der Waals surface area contributed by atoms with Crippen LogP contribution in [0.15, 0.2) is 0 Å². The summed E-state index contributed by atoms with van der Waals surface area (Å²) in [7, 11) is 0.137. The van der Waals surface area contributed by atoms with Crippen LogP contribution in [0, 0.1) is 87.3 Å². The van der Waals surface area contributed by atoms with E-state index in [1.165, 1.54) is 18.1 Å². The van der Waals surface area contributed by atoms with Gasteiger partial charge >= 0.3 is 8.80 Å².